The number of hydrogen-bond acceptors (Lipinski definition) is 5. The number of nitrogens with zero attached hydrogens (tertiary/aromatic N) is 1. The molecular formula is C28H39F3N2O3S. The average molecular weight is 541 g/mol. The Bertz CT molecular complexity index is 1010. The van der Waals surface area contributed by atoms with E-state index in [-0.39, 0.29) is 31.3 Å². The number of aryl methyl sites for hydroxylation is 3. The van der Waals surface area contributed by atoms with Crippen LogP contribution in [0.15, 0.2) is 47.4 Å². The van der Waals surface area contributed by atoms with Gasteiger partial charge in [-0.25, -0.2) is 4.31 Å². The normalized spacial score (nSPS) is 13.2. The van der Waals surface area contributed by atoms with E-state index >= 15 is 0 Å². The third-order valence-electron chi connectivity index (χ3n) is 6.20. The molecule has 0 heterocycles. The fraction of sp³-hybridized carbons (Fsp3) is 0.536. The Morgan fingerprint density at radius 2 is 1.81 bits per heavy atom. The zero-order valence-electron chi connectivity index (χ0n) is 22.1. The molecule has 0 amide bonds. The van der Waals surface area contributed by atoms with Crippen molar-refractivity contribution < 1.29 is 28.2 Å². The molecule has 5 nitrogen and oxygen atoms in total. The third-order valence-corrected chi connectivity index (χ3v) is 7.11. The molecule has 0 saturated heterocycles. The average Bonchev–Trinajstić information content (AvgIpc) is 2.78. The van der Waals surface area contributed by atoms with Gasteiger partial charge in [0.2, 0.25) is 0 Å². The summed E-state index contributed by atoms with van der Waals surface area (Å²) in [6.07, 6.45) is -1.83. The molecule has 0 aliphatic rings. The van der Waals surface area contributed by atoms with Crippen LogP contribution in [0.4, 0.5) is 13.2 Å². The lowest BCUT2D eigenvalue weighted by Crippen LogP contribution is -2.45. The van der Waals surface area contributed by atoms with Crippen LogP contribution in [0.3, 0.4) is 0 Å². The van der Waals surface area contributed by atoms with Crippen molar-refractivity contribution in [2.45, 2.75) is 82.0 Å². The molecule has 0 saturated carbocycles. The number of rotatable bonds is 15. The largest absolute Gasteiger partial charge is 0.481 e. The Balaban J connectivity index is 1.86. The van der Waals surface area contributed by atoms with Crippen molar-refractivity contribution in [1.82, 2.24) is 9.62 Å². The SMILES string of the molecule is Cc1ccccc1CCCC(C)(C)NC[C@@H](O)CN(C)Sc1cc(CCCC(=O)O)cc(C(F)(F)F)c1. The van der Waals surface area contributed by atoms with Gasteiger partial charge in [-0.1, -0.05) is 24.3 Å². The van der Waals surface area contributed by atoms with Crippen LogP contribution in [0.5, 0.6) is 0 Å². The Morgan fingerprint density at radius 1 is 1.11 bits per heavy atom. The third kappa shape index (κ3) is 11.9. The van der Waals surface area contributed by atoms with E-state index in [1.807, 2.05) is 6.07 Å². The van der Waals surface area contributed by atoms with Crippen LogP contribution < -0.4 is 5.32 Å². The van der Waals surface area contributed by atoms with Gasteiger partial charge in [0.15, 0.2) is 0 Å². The maximum absolute atomic E-state index is 13.4. The summed E-state index contributed by atoms with van der Waals surface area (Å²) in [7, 11) is 1.73. The van der Waals surface area contributed by atoms with Gasteiger partial charge in [0.25, 0.3) is 0 Å². The van der Waals surface area contributed by atoms with Crippen LogP contribution in [0, 0.1) is 6.92 Å². The van der Waals surface area contributed by atoms with Crippen molar-refractivity contribution in [3.63, 3.8) is 0 Å². The number of aliphatic hydroxyl groups excluding tert-OH is 1. The van der Waals surface area contributed by atoms with Crippen molar-refractivity contribution >= 4 is 17.9 Å². The minimum atomic E-state index is -4.50. The van der Waals surface area contributed by atoms with E-state index in [0.717, 1.165) is 43.3 Å². The number of carboxylic acid groups (broad SMARTS) is 1. The molecule has 0 radical (unpaired) electrons. The summed E-state index contributed by atoms with van der Waals surface area (Å²) in [5.74, 6) is -0.974. The van der Waals surface area contributed by atoms with Gasteiger partial charge in [0, 0.05) is 29.9 Å². The van der Waals surface area contributed by atoms with E-state index < -0.39 is 23.8 Å². The molecule has 0 fully saturated rings. The quantitative estimate of drug-likeness (QED) is 0.237. The highest BCUT2D eigenvalue weighted by molar-refractivity contribution is 7.97. The van der Waals surface area contributed by atoms with Gasteiger partial charge in [0.05, 0.1) is 11.7 Å². The van der Waals surface area contributed by atoms with Gasteiger partial charge in [0.1, 0.15) is 0 Å². The van der Waals surface area contributed by atoms with E-state index in [1.54, 1.807) is 17.4 Å². The number of nitrogens with one attached hydrogen (secondary N) is 1. The number of carbonyl (C=O) groups is 1. The standard InChI is InChI=1S/C28H39F3N2O3S/c1-20-9-5-6-11-22(20)12-8-14-27(2,3)32-18-24(34)19-33(4)37-25-16-21(10-7-13-26(35)36)15-23(17-25)28(29,30)31/h5-6,9,11,15-17,24,32,34H,7-8,10,12-14,18-19H2,1-4H3,(H,35,36)/t24-/m1/s1. The summed E-state index contributed by atoms with van der Waals surface area (Å²) in [4.78, 5) is 11.2. The summed E-state index contributed by atoms with van der Waals surface area (Å²) in [6.45, 7) is 6.95. The topological polar surface area (TPSA) is 72.8 Å². The fourth-order valence-corrected chi connectivity index (χ4v) is 5.13. The fourth-order valence-electron chi connectivity index (χ4n) is 4.14. The van der Waals surface area contributed by atoms with Gasteiger partial charge in [-0.3, -0.25) is 4.79 Å². The summed E-state index contributed by atoms with van der Waals surface area (Å²) >= 11 is 1.13. The molecule has 3 N–H and O–H groups in total. The molecule has 0 spiro atoms. The summed E-state index contributed by atoms with van der Waals surface area (Å²) < 4.78 is 41.9. The highest BCUT2D eigenvalue weighted by Gasteiger charge is 2.31. The number of alkyl halides is 3. The molecule has 2 rings (SSSR count). The van der Waals surface area contributed by atoms with Crippen molar-refractivity contribution in [2.75, 3.05) is 20.1 Å². The van der Waals surface area contributed by atoms with Gasteiger partial charge >= 0.3 is 12.1 Å². The van der Waals surface area contributed by atoms with Crippen molar-refractivity contribution in [3.8, 4) is 0 Å². The van der Waals surface area contributed by atoms with Crippen LogP contribution in [0.1, 0.15) is 61.8 Å². The van der Waals surface area contributed by atoms with Gasteiger partial charge in [-0.2, -0.15) is 13.2 Å². The lowest BCUT2D eigenvalue weighted by Gasteiger charge is -2.29. The number of benzene rings is 2. The van der Waals surface area contributed by atoms with E-state index in [9.17, 15) is 23.1 Å². The number of likely N-dealkylation sites (N-methyl/N-ethyl adjacent to an activating group) is 1. The zero-order chi connectivity index (χ0) is 27.6. The molecule has 206 valence electrons. The second kappa shape index (κ2) is 14.2. The first-order chi connectivity index (χ1) is 17.2. The minimum Gasteiger partial charge on any atom is -0.481 e. The minimum absolute atomic E-state index is 0.0972. The van der Waals surface area contributed by atoms with Crippen LogP contribution in [-0.2, 0) is 23.8 Å². The molecule has 37 heavy (non-hydrogen) atoms. The Labute approximate surface area is 222 Å². The Kier molecular flexibility index (Phi) is 11.9. The van der Waals surface area contributed by atoms with Crippen molar-refractivity contribution in [1.29, 1.82) is 0 Å². The molecule has 0 aliphatic heterocycles. The zero-order valence-corrected chi connectivity index (χ0v) is 22.9. The maximum Gasteiger partial charge on any atom is 0.416 e. The lowest BCUT2D eigenvalue weighted by atomic mass is 9.94. The first kappa shape index (κ1) is 31.1. The molecule has 0 aliphatic carbocycles. The number of halogens is 3. The number of aliphatic carboxylic acids is 1. The van der Waals surface area contributed by atoms with Crippen LogP contribution in [-0.4, -0.2) is 52.3 Å². The van der Waals surface area contributed by atoms with E-state index in [1.165, 1.54) is 11.1 Å². The molecular weight excluding hydrogens is 501 g/mol. The predicted octanol–water partition coefficient (Wildman–Crippen LogP) is 6.11. The van der Waals surface area contributed by atoms with Gasteiger partial charge in [-0.15, -0.1) is 0 Å². The molecule has 2 aromatic rings. The maximum atomic E-state index is 13.4. The van der Waals surface area contributed by atoms with E-state index in [2.05, 4.69) is 44.3 Å². The second-order valence-electron chi connectivity index (χ2n) is 10.2. The van der Waals surface area contributed by atoms with Crippen LogP contribution >= 0.6 is 11.9 Å². The van der Waals surface area contributed by atoms with Crippen molar-refractivity contribution in [3.05, 3.63) is 64.7 Å². The highest BCUT2D eigenvalue weighted by atomic mass is 32.2. The Hall–Kier alpha value is -2.07. The smallest absolute Gasteiger partial charge is 0.416 e. The van der Waals surface area contributed by atoms with Crippen molar-refractivity contribution in [2.24, 2.45) is 0 Å². The summed E-state index contributed by atoms with van der Waals surface area (Å²) in [6, 6.07) is 12.2. The Morgan fingerprint density at radius 3 is 2.46 bits per heavy atom. The summed E-state index contributed by atoms with van der Waals surface area (Å²) in [5.41, 5.74) is 2.16. The van der Waals surface area contributed by atoms with E-state index in [4.69, 9.17) is 5.11 Å². The number of hydrogen-bond donors (Lipinski definition) is 3. The van der Waals surface area contributed by atoms with E-state index in [0.29, 0.717) is 17.0 Å². The monoisotopic (exact) mass is 540 g/mol. The molecule has 0 bridgehead atoms. The molecule has 9 heteroatoms. The second-order valence-corrected chi connectivity index (χ2v) is 11.5. The molecule has 1 atom stereocenters. The predicted molar refractivity (Wildman–Crippen MR) is 143 cm³/mol. The van der Waals surface area contributed by atoms with Crippen LogP contribution in [0.25, 0.3) is 0 Å². The molecule has 0 aromatic heterocycles. The molecule has 0 unspecified atom stereocenters. The highest BCUT2D eigenvalue weighted by Crippen LogP contribution is 2.34. The first-order valence-electron chi connectivity index (χ1n) is 12.5. The molecule has 2 aromatic carbocycles. The van der Waals surface area contributed by atoms with Crippen LogP contribution in [0.2, 0.25) is 0 Å². The lowest BCUT2D eigenvalue weighted by molar-refractivity contribution is -0.138. The summed E-state index contributed by atoms with van der Waals surface area (Å²) in [5, 5.41) is 22.8. The number of carboxylic acids is 1. The first-order valence-corrected chi connectivity index (χ1v) is 13.3. The van der Waals surface area contributed by atoms with Gasteiger partial charge < -0.3 is 15.5 Å². The number of β-amino-alcohol motifs (C(OH)–C–C–N with tert-alkyl or cyclic N) is 1. The van der Waals surface area contributed by atoms with Gasteiger partial charge in [-0.05, 0) is 107 Å². The number of aliphatic hydroxyl groups is 1.